The Morgan fingerprint density at radius 2 is 2.00 bits per heavy atom. The highest BCUT2D eigenvalue weighted by Gasteiger charge is 2.47. The molecule has 2 N–H and O–H groups in total. The average Bonchev–Trinajstić information content (AvgIpc) is 3.33. The van der Waals surface area contributed by atoms with Crippen LogP contribution in [-0.4, -0.2) is 41.1 Å². The van der Waals surface area contributed by atoms with Crippen LogP contribution in [0.1, 0.15) is 63.6 Å². The lowest BCUT2D eigenvalue weighted by molar-refractivity contribution is 0.113. The van der Waals surface area contributed by atoms with Gasteiger partial charge in [-0.15, -0.1) is 11.3 Å². The van der Waals surface area contributed by atoms with E-state index in [0.717, 1.165) is 42.9 Å². The molecule has 0 radical (unpaired) electrons. The molecule has 1 unspecified atom stereocenters. The van der Waals surface area contributed by atoms with Gasteiger partial charge in [0.25, 0.3) is 0 Å². The molecule has 1 aliphatic rings. The molecule has 32 heavy (non-hydrogen) atoms. The molecule has 176 valence electrons. The third kappa shape index (κ3) is 5.67. The molecule has 1 fully saturated rings. The molecule has 2 aromatic heterocycles. The summed E-state index contributed by atoms with van der Waals surface area (Å²) in [6.07, 6.45) is 4.66. The second-order valence-electron chi connectivity index (χ2n) is 9.98. The molecular formula is C25H37FN4OS. The maximum Gasteiger partial charge on any atom is 0.315 e. The standard InChI is InChI=1S/C25H37FN4OS/c1-17(2)28-23(31)29-19(4)25(12-11-21-9-10-22(26)32-21)13-14-30(16-25)24(5,6)20-8-7-18(3)27-15-20/h7-10,15,17,19H,11-14,16H2,1-6H3,(H2,28,29,31)/t19-,25?/m1/s1. The van der Waals surface area contributed by atoms with E-state index in [2.05, 4.69) is 53.4 Å². The van der Waals surface area contributed by atoms with E-state index in [1.54, 1.807) is 6.07 Å². The number of halogens is 1. The number of hydrogen-bond donors (Lipinski definition) is 2. The summed E-state index contributed by atoms with van der Waals surface area (Å²) in [5.41, 5.74) is 1.94. The summed E-state index contributed by atoms with van der Waals surface area (Å²) in [5.74, 6) is 0. The van der Waals surface area contributed by atoms with Gasteiger partial charge >= 0.3 is 6.03 Å². The van der Waals surface area contributed by atoms with Gasteiger partial charge < -0.3 is 10.6 Å². The van der Waals surface area contributed by atoms with Crippen molar-refractivity contribution in [2.75, 3.05) is 13.1 Å². The van der Waals surface area contributed by atoms with E-state index in [4.69, 9.17) is 0 Å². The van der Waals surface area contributed by atoms with Gasteiger partial charge in [0, 0.05) is 46.4 Å². The number of pyridine rings is 1. The summed E-state index contributed by atoms with van der Waals surface area (Å²) in [5, 5.41) is 6.00. The molecule has 2 atom stereocenters. The molecule has 0 aromatic carbocycles. The predicted octanol–water partition coefficient (Wildman–Crippen LogP) is 5.25. The third-order valence-corrected chi connectivity index (χ3v) is 7.91. The lowest BCUT2D eigenvalue weighted by atomic mass is 9.75. The maximum atomic E-state index is 13.5. The number of likely N-dealkylation sites (tertiary alicyclic amines) is 1. The van der Waals surface area contributed by atoms with Gasteiger partial charge in [0.05, 0.1) is 0 Å². The highest BCUT2D eigenvalue weighted by molar-refractivity contribution is 7.10. The molecule has 1 aliphatic heterocycles. The Hall–Kier alpha value is -1.99. The van der Waals surface area contributed by atoms with Gasteiger partial charge in [-0.2, -0.15) is 4.39 Å². The van der Waals surface area contributed by atoms with Crippen molar-refractivity contribution in [3.63, 3.8) is 0 Å². The second-order valence-corrected chi connectivity index (χ2v) is 11.1. The number of nitrogens with zero attached hydrogens (tertiary/aromatic N) is 2. The van der Waals surface area contributed by atoms with Crippen molar-refractivity contribution in [1.82, 2.24) is 20.5 Å². The van der Waals surface area contributed by atoms with Crippen molar-refractivity contribution in [3.05, 3.63) is 51.7 Å². The Morgan fingerprint density at radius 3 is 2.59 bits per heavy atom. The topological polar surface area (TPSA) is 57.3 Å². The van der Waals surface area contributed by atoms with Crippen LogP contribution in [0.4, 0.5) is 9.18 Å². The van der Waals surface area contributed by atoms with Gasteiger partial charge in [-0.1, -0.05) is 6.07 Å². The van der Waals surface area contributed by atoms with Gasteiger partial charge in [-0.25, -0.2) is 4.79 Å². The fourth-order valence-corrected chi connectivity index (χ4v) is 5.40. The van der Waals surface area contributed by atoms with Gasteiger partial charge in [0.2, 0.25) is 0 Å². The summed E-state index contributed by atoms with van der Waals surface area (Å²) in [6.45, 7) is 14.3. The molecule has 0 saturated carbocycles. The number of rotatable bonds is 8. The van der Waals surface area contributed by atoms with E-state index in [1.165, 1.54) is 16.9 Å². The normalized spacial score (nSPS) is 20.5. The Balaban J connectivity index is 1.80. The number of aryl methyl sites for hydroxylation is 2. The highest BCUT2D eigenvalue weighted by atomic mass is 32.1. The molecule has 3 rings (SSSR count). The summed E-state index contributed by atoms with van der Waals surface area (Å²) < 4.78 is 13.5. The first-order chi connectivity index (χ1) is 15.0. The van der Waals surface area contributed by atoms with Crippen LogP contribution in [-0.2, 0) is 12.0 Å². The first kappa shape index (κ1) is 24.6. The molecule has 3 heterocycles. The van der Waals surface area contributed by atoms with E-state index in [1.807, 2.05) is 33.0 Å². The summed E-state index contributed by atoms with van der Waals surface area (Å²) in [7, 11) is 0. The van der Waals surface area contributed by atoms with Crippen molar-refractivity contribution in [2.45, 2.75) is 78.4 Å². The minimum absolute atomic E-state index is 0.0111. The van der Waals surface area contributed by atoms with Crippen molar-refractivity contribution in [2.24, 2.45) is 5.41 Å². The molecule has 0 bridgehead atoms. The number of aromatic nitrogens is 1. The molecule has 0 spiro atoms. The van der Waals surface area contributed by atoms with E-state index < -0.39 is 0 Å². The number of urea groups is 1. The largest absolute Gasteiger partial charge is 0.336 e. The van der Waals surface area contributed by atoms with Crippen molar-refractivity contribution < 1.29 is 9.18 Å². The van der Waals surface area contributed by atoms with Crippen LogP contribution < -0.4 is 10.6 Å². The molecule has 1 saturated heterocycles. The van der Waals surface area contributed by atoms with Crippen molar-refractivity contribution in [1.29, 1.82) is 0 Å². The summed E-state index contributed by atoms with van der Waals surface area (Å²) in [6, 6.07) is 7.59. The van der Waals surface area contributed by atoms with Crippen LogP contribution in [0.2, 0.25) is 0 Å². The van der Waals surface area contributed by atoms with Crippen LogP contribution >= 0.6 is 11.3 Å². The predicted molar refractivity (Wildman–Crippen MR) is 129 cm³/mol. The zero-order valence-corrected chi connectivity index (χ0v) is 21.0. The molecule has 2 amide bonds. The number of thiophene rings is 1. The van der Waals surface area contributed by atoms with Crippen LogP contribution in [0.25, 0.3) is 0 Å². The lowest BCUT2D eigenvalue weighted by Gasteiger charge is -2.40. The van der Waals surface area contributed by atoms with E-state index in [-0.39, 0.29) is 34.2 Å². The Kier molecular flexibility index (Phi) is 7.61. The summed E-state index contributed by atoms with van der Waals surface area (Å²) >= 11 is 1.22. The van der Waals surface area contributed by atoms with Gasteiger partial charge in [-0.05, 0) is 91.1 Å². The van der Waals surface area contributed by atoms with Crippen molar-refractivity contribution in [3.8, 4) is 0 Å². The number of hydrogen-bond acceptors (Lipinski definition) is 4. The minimum atomic E-state index is -0.169. The van der Waals surface area contributed by atoms with E-state index >= 15 is 0 Å². The summed E-state index contributed by atoms with van der Waals surface area (Å²) in [4.78, 5) is 20.6. The fourth-order valence-electron chi connectivity index (χ4n) is 4.67. The smallest absolute Gasteiger partial charge is 0.315 e. The third-order valence-electron chi connectivity index (χ3n) is 6.98. The fraction of sp³-hybridized carbons (Fsp3) is 0.600. The van der Waals surface area contributed by atoms with Crippen LogP contribution in [0.3, 0.4) is 0 Å². The first-order valence-electron chi connectivity index (χ1n) is 11.5. The molecular weight excluding hydrogens is 423 g/mol. The van der Waals surface area contributed by atoms with Crippen molar-refractivity contribution >= 4 is 17.4 Å². The van der Waals surface area contributed by atoms with Crippen LogP contribution in [0, 0.1) is 17.5 Å². The second kappa shape index (κ2) is 9.87. The quantitative estimate of drug-likeness (QED) is 0.566. The van der Waals surface area contributed by atoms with E-state index in [9.17, 15) is 9.18 Å². The monoisotopic (exact) mass is 460 g/mol. The molecule has 7 heteroatoms. The zero-order valence-electron chi connectivity index (χ0n) is 20.2. The molecule has 2 aromatic rings. The number of carbonyl (C=O) groups is 1. The minimum Gasteiger partial charge on any atom is -0.336 e. The number of amides is 2. The van der Waals surface area contributed by atoms with Gasteiger partial charge in [-0.3, -0.25) is 9.88 Å². The Labute approximate surface area is 195 Å². The van der Waals surface area contributed by atoms with Gasteiger partial charge in [0.15, 0.2) is 5.13 Å². The van der Waals surface area contributed by atoms with Crippen LogP contribution in [0.15, 0.2) is 30.5 Å². The average molecular weight is 461 g/mol. The van der Waals surface area contributed by atoms with E-state index in [0.29, 0.717) is 0 Å². The maximum absolute atomic E-state index is 13.5. The molecule has 5 nitrogen and oxygen atoms in total. The number of carbonyl (C=O) groups excluding carboxylic acids is 1. The van der Waals surface area contributed by atoms with Crippen LogP contribution in [0.5, 0.6) is 0 Å². The Morgan fingerprint density at radius 1 is 1.25 bits per heavy atom. The highest BCUT2D eigenvalue weighted by Crippen LogP contribution is 2.44. The zero-order chi connectivity index (χ0) is 23.5. The first-order valence-corrected chi connectivity index (χ1v) is 12.3. The lowest BCUT2D eigenvalue weighted by Crippen LogP contribution is -2.52. The van der Waals surface area contributed by atoms with Gasteiger partial charge in [0.1, 0.15) is 0 Å². The Bertz CT molecular complexity index is 911. The SMILES string of the molecule is Cc1ccc(C(C)(C)N2CCC(CCc3ccc(F)s3)([C@@H](C)NC(=O)NC(C)C)C2)cn1. The molecule has 0 aliphatic carbocycles. The number of nitrogens with one attached hydrogen (secondary N) is 2.